The molecule has 0 saturated carbocycles. The van der Waals surface area contributed by atoms with Crippen LogP contribution in [0.25, 0.3) is 0 Å². The van der Waals surface area contributed by atoms with E-state index < -0.39 is 16.1 Å². The summed E-state index contributed by atoms with van der Waals surface area (Å²) in [7, 11) is -3.78. The Kier molecular flexibility index (Phi) is 15.1. The van der Waals surface area contributed by atoms with Gasteiger partial charge in [-0.05, 0) is 38.5 Å². The molecule has 0 unspecified atom stereocenters. The van der Waals surface area contributed by atoms with E-state index in [1.807, 2.05) is 0 Å². The first-order chi connectivity index (χ1) is 11.4. The molecule has 0 radical (unpaired) electrons. The van der Waals surface area contributed by atoms with E-state index in [0.717, 1.165) is 51.4 Å². The molecular formula is C18H34O5S. The molecule has 0 aromatic heterocycles. The largest absolute Gasteiger partial charge is 0.481 e. The van der Waals surface area contributed by atoms with E-state index in [0.29, 0.717) is 12.8 Å². The third-order valence-electron chi connectivity index (χ3n) is 3.95. The number of hydrogen-bond donors (Lipinski definition) is 2. The van der Waals surface area contributed by atoms with Crippen molar-refractivity contribution in [3.63, 3.8) is 0 Å². The molecule has 142 valence electrons. The summed E-state index contributed by atoms with van der Waals surface area (Å²) in [6.07, 6.45) is 18.2. The predicted octanol–water partition coefficient (Wildman–Crippen LogP) is 4.98. The molecule has 0 atom stereocenters. The molecule has 24 heavy (non-hydrogen) atoms. The van der Waals surface area contributed by atoms with E-state index in [9.17, 15) is 13.2 Å². The van der Waals surface area contributed by atoms with Crippen molar-refractivity contribution in [3.8, 4) is 0 Å². The van der Waals surface area contributed by atoms with Gasteiger partial charge in [-0.3, -0.25) is 9.35 Å². The van der Waals surface area contributed by atoms with Crippen molar-refractivity contribution in [1.29, 1.82) is 0 Å². The maximum absolute atomic E-state index is 10.5. The zero-order valence-electron chi connectivity index (χ0n) is 14.8. The minimum absolute atomic E-state index is 0.116. The summed E-state index contributed by atoms with van der Waals surface area (Å²) in [5.41, 5.74) is 0. The third-order valence-corrected chi connectivity index (χ3v) is 4.76. The van der Waals surface area contributed by atoms with Gasteiger partial charge in [-0.1, -0.05) is 57.1 Å². The number of hydrogen-bond acceptors (Lipinski definition) is 3. The molecule has 0 aliphatic rings. The zero-order valence-corrected chi connectivity index (χ0v) is 15.6. The average Bonchev–Trinajstić information content (AvgIpc) is 2.49. The molecule has 0 fully saturated rings. The van der Waals surface area contributed by atoms with Crippen LogP contribution < -0.4 is 0 Å². The second kappa shape index (κ2) is 15.6. The van der Waals surface area contributed by atoms with Crippen LogP contribution in [0.15, 0.2) is 12.2 Å². The number of carboxylic acid groups (broad SMARTS) is 1. The van der Waals surface area contributed by atoms with Crippen LogP contribution in [0.1, 0.15) is 89.9 Å². The van der Waals surface area contributed by atoms with Crippen LogP contribution in [0, 0.1) is 0 Å². The molecule has 6 heteroatoms. The summed E-state index contributed by atoms with van der Waals surface area (Å²) in [5.74, 6) is -0.814. The molecular weight excluding hydrogens is 328 g/mol. The van der Waals surface area contributed by atoms with Crippen molar-refractivity contribution >= 4 is 16.1 Å². The van der Waals surface area contributed by atoms with Gasteiger partial charge in [0.05, 0.1) is 5.75 Å². The lowest BCUT2D eigenvalue weighted by molar-refractivity contribution is -0.137. The molecule has 0 aromatic carbocycles. The van der Waals surface area contributed by atoms with Crippen LogP contribution in [-0.4, -0.2) is 29.8 Å². The van der Waals surface area contributed by atoms with Crippen molar-refractivity contribution in [2.24, 2.45) is 0 Å². The van der Waals surface area contributed by atoms with E-state index in [1.165, 1.54) is 25.7 Å². The van der Waals surface area contributed by atoms with E-state index in [2.05, 4.69) is 12.2 Å². The maximum Gasteiger partial charge on any atom is 0.303 e. The van der Waals surface area contributed by atoms with Crippen LogP contribution >= 0.6 is 0 Å². The van der Waals surface area contributed by atoms with Gasteiger partial charge < -0.3 is 5.11 Å². The number of allylic oxidation sites excluding steroid dienone is 2. The third kappa shape index (κ3) is 21.1. The van der Waals surface area contributed by atoms with Gasteiger partial charge in [0.25, 0.3) is 10.1 Å². The zero-order chi connectivity index (χ0) is 18.1. The minimum Gasteiger partial charge on any atom is -0.481 e. The molecule has 2 N–H and O–H groups in total. The summed E-state index contributed by atoms with van der Waals surface area (Å²) >= 11 is 0. The Morgan fingerprint density at radius 2 is 1.12 bits per heavy atom. The number of aliphatic carboxylic acids is 1. The monoisotopic (exact) mass is 362 g/mol. The van der Waals surface area contributed by atoms with Crippen LogP contribution in [0.5, 0.6) is 0 Å². The standard InChI is InChI=1S/C18H34O5S/c19-18(20)16-14-12-10-8-6-4-2-1-3-5-7-9-11-13-15-17-24(21,22)23/h1-2H,3-17H2,(H,19,20)(H,21,22,23)/b2-1-. The lowest BCUT2D eigenvalue weighted by atomic mass is 10.1. The molecule has 0 aliphatic carbocycles. The normalized spacial score (nSPS) is 12.0. The van der Waals surface area contributed by atoms with Gasteiger partial charge in [0.15, 0.2) is 0 Å². The lowest BCUT2D eigenvalue weighted by Gasteiger charge is -2.00. The second-order valence-electron chi connectivity index (χ2n) is 6.37. The summed E-state index contributed by atoms with van der Waals surface area (Å²) in [6, 6.07) is 0. The highest BCUT2D eigenvalue weighted by Crippen LogP contribution is 2.10. The minimum atomic E-state index is -3.78. The van der Waals surface area contributed by atoms with Crippen molar-refractivity contribution in [2.45, 2.75) is 89.9 Å². The Bertz CT molecular complexity index is 429. The highest BCUT2D eigenvalue weighted by Gasteiger charge is 2.02. The fourth-order valence-corrected chi connectivity index (χ4v) is 3.13. The second-order valence-corrected chi connectivity index (χ2v) is 7.94. The smallest absolute Gasteiger partial charge is 0.303 e. The van der Waals surface area contributed by atoms with Gasteiger partial charge in [-0.25, -0.2) is 0 Å². The van der Waals surface area contributed by atoms with Gasteiger partial charge in [-0.15, -0.1) is 0 Å². The van der Waals surface area contributed by atoms with E-state index in [4.69, 9.17) is 9.66 Å². The summed E-state index contributed by atoms with van der Waals surface area (Å²) in [6.45, 7) is 0. The average molecular weight is 363 g/mol. The first-order valence-corrected chi connectivity index (χ1v) is 10.8. The Morgan fingerprint density at radius 1 is 0.708 bits per heavy atom. The Morgan fingerprint density at radius 3 is 1.58 bits per heavy atom. The molecule has 0 aliphatic heterocycles. The van der Waals surface area contributed by atoms with E-state index >= 15 is 0 Å². The Balaban J connectivity index is 3.18. The number of unbranched alkanes of at least 4 members (excludes halogenated alkanes) is 11. The molecule has 0 bridgehead atoms. The van der Waals surface area contributed by atoms with Crippen molar-refractivity contribution in [2.75, 3.05) is 5.75 Å². The summed E-state index contributed by atoms with van der Waals surface area (Å²) in [4.78, 5) is 10.3. The number of rotatable bonds is 17. The molecule has 0 heterocycles. The van der Waals surface area contributed by atoms with E-state index in [1.54, 1.807) is 0 Å². The predicted molar refractivity (Wildman–Crippen MR) is 97.8 cm³/mol. The highest BCUT2D eigenvalue weighted by molar-refractivity contribution is 7.85. The topological polar surface area (TPSA) is 91.7 Å². The van der Waals surface area contributed by atoms with Crippen LogP contribution in [0.3, 0.4) is 0 Å². The van der Waals surface area contributed by atoms with Crippen LogP contribution in [0.4, 0.5) is 0 Å². The Hall–Kier alpha value is -0.880. The lowest BCUT2D eigenvalue weighted by Crippen LogP contribution is -2.03. The Labute approximate surface area is 147 Å². The fraction of sp³-hybridized carbons (Fsp3) is 0.833. The van der Waals surface area contributed by atoms with Gasteiger partial charge >= 0.3 is 5.97 Å². The van der Waals surface area contributed by atoms with Crippen LogP contribution in [-0.2, 0) is 14.9 Å². The first kappa shape index (κ1) is 23.1. The van der Waals surface area contributed by atoms with Gasteiger partial charge in [0, 0.05) is 6.42 Å². The molecule has 0 rings (SSSR count). The van der Waals surface area contributed by atoms with Gasteiger partial charge in [0.2, 0.25) is 0 Å². The van der Waals surface area contributed by atoms with Crippen molar-refractivity contribution in [3.05, 3.63) is 12.2 Å². The van der Waals surface area contributed by atoms with Gasteiger partial charge in [-0.2, -0.15) is 8.42 Å². The molecule has 0 amide bonds. The molecule has 0 saturated heterocycles. The number of carboxylic acids is 1. The van der Waals surface area contributed by atoms with E-state index in [-0.39, 0.29) is 5.75 Å². The van der Waals surface area contributed by atoms with Crippen molar-refractivity contribution < 1.29 is 22.9 Å². The quantitative estimate of drug-likeness (QED) is 0.216. The summed E-state index contributed by atoms with van der Waals surface area (Å²) in [5, 5.41) is 8.52. The fourth-order valence-electron chi connectivity index (χ4n) is 2.56. The molecule has 0 aromatic rings. The van der Waals surface area contributed by atoms with Crippen LogP contribution in [0.2, 0.25) is 0 Å². The summed E-state index contributed by atoms with van der Waals surface area (Å²) < 4.78 is 29.7. The number of carbonyl (C=O) groups is 1. The molecule has 5 nitrogen and oxygen atoms in total. The SMILES string of the molecule is O=C(O)CCCCCCC/C=C\CCCCCCCCS(=O)(=O)O. The van der Waals surface area contributed by atoms with Gasteiger partial charge in [0.1, 0.15) is 0 Å². The van der Waals surface area contributed by atoms with Crippen molar-refractivity contribution in [1.82, 2.24) is 0 Å². The highest BCUT2D eigenvalue weighted by atomic mass is 32.2. The maximum atomic E-state index is 10.5. The first-order valence-electron chi connectivity index (χ1n) is 9.24. The molecule has 0 spiro atoms.